The molecule has 0 aliphatic carbocycles. The first-order valence-electron chi connectivity index (χ1n) is 8.97. The van der Waals surface area contributed by atoms with Crippen LogP contribution in [-0.4, -0.2) is 29.3 Å². The number of halogens is 1. The molecule has 0 saturated carbocycles. The standard InChI is InChI=1S/C21H20ClN3O5/c1-29-17-8-7-16(11-18(17)30-2)23-19(26)13-25-10-9-24(20(27)21(25)28)12-14-3-5-15(22)6-4-14/h3-11H,12-13H2,1-2H3,(H,23,26). The van der Waals surface area contributed by atoms with E-state index in [-0.39, 0.29) is 13.1 Å². The molecule has 30 heavy (non-hydrogen) atoms. The second-order valence-corrected chi connectivity index (χ2v) is 6.85. The first-order valence-corrected chi connectivity index (χ1v) is 9.35. The van der Waals surface area contributed by atoms with Crippen LogP contribution in [0.1, 0.15) is 5.56 Å². The Morgan fingerprint density at radius 1 is 0.933 bits per heavy atom. The van der Waals surface area contributed by atoms with Crippen molar-refractivity contribution in [3.8, 4) is 11.5 Å². The van der Waals surface area contributed by atoms with Crippen molar-refractivity contribution in [2.75, 3.05) is 19.5 Å². The number of nitrogens with zero attached hydrogens (tertiary/aromatic N) is 2. The third-order valence-electron chi connectivity index (χ3n) is 4.38. The zero-order valence-electron chi connectivity index (χ0n) is 16.4. The Balaban J connectivity index is 1.73. The number of amides is 1. The Kier molecular flexibility index (Phi) is 6.58. The van der Waals surface area contributed by atoms with E-state index >= 15 is 0 Å². The Hall–Kier alpha value is -3.52. The van der Waals surface area contributed by atoms with Gasteiger partial charge in [0.2, 0.25) is 5.91 Å². The number of nitrogens with one attached hydrogen (secondary N) is 1. The highest BCUT2D eigenvalue weighted by Gasteiger charge is 2.11. The van der Waals surface area contributed by atoms with E-state index < -0.39 is 17.0 Å². The SMILES string of the molecule is COc1ccc(NC(=O)Cn2ccn(Cc3ccc(Cl)cc3)c(=O)c2=O)cc1OC. The van der Waals surface area contributed by atoms with E-state index in [0.717, 1.165) is 10.1 Å². The summed E-state index contributed by atoms with van der Waals surface area (Å²) in [6, 6.07) is 11.9. The topological polar surface area (TPSA) is 91.6 Å². The monoisotopic (exact) mass is 429 g/mol. The number of carbonyl (C=O) groups excluding carboxylic acids is 1. The van der Waals surface area contributed by atoms with Crippen LogP contribution in [0.3, 0.4) is 0 Å². The highest BCUT2D eigenvalue weighted by atomic mass is 35.5. The number of methoxy groups -OCH3 is 2. The number of ether oxygens (including phenoxy) is 2. The zero-order chi connectivity index (χ0) is 21.7. The van der Waals surface area contributed by atoms with Crippen molar-refractivity contribution in [1.29, 1.82) is 0 Å². The lowest BCUT2D eigenvalue weighted by Crippen LogP contribution is -2.42. The molecule has 0 atom stereocenters. The lowest BCUT2D eigenvalue weighted by Gasteiger charge is -2.12. The summed E-state index contributed by atoms with van der Waals surface area (Å²) in [5.41, 5.74) is -0.202. The Morgan fingerprint density at radius 2 is 1.57 bits per heavy atom. The van der Waals surface area contributed by atoms with Crippen LogP contribution in [-0.2, 0) is 17.9 Å². The van der Waals surface area contributed by atoms with Crippen molar-refractivity contribution in [3.63, 3.8) is 0 Å². The number of benzene rings is 2. The Labute approximate surface area is 177 Å². The van der Waals surface area contributed by atoms with Gasteiger partial charge in [0.15, 0.2) is 11.5 Å². The minimum Gasteiger partial charge on any atom is -0.493 e. The van der Waals surface area contributed by atoms with Crippen molar-refractivity contribution < 1.29 is 14.3 Å². The van der Waals surface area contributed by atoms with Gasteiger partial charge in [0.1, 0.15) is 6.54 Å². The van der Waals surface area contributed by atoms with E-state index in [1.165, 1.54) is 31.2 Å². The summed E-state index contributed by atoms with van der Waals surface area (Å²) >= 11 is 5.86. The summed E-state index contributed by atoms with van der Waals surface area (Å²) in [5, 5.41) is 3.25. The smallest absolute Gasteiger partial charge is 0.316 e. The fourth-order valence-electron chi connectivity index (χ4n) is 2.85. The molecule has 0 aliphatic rings. The minimum atomic E-state index is -0.783. The van der Waals surface area contributed by atoms with E-state index in [1.54, 1.807) is 42.5 Å². The lowest BCUT2D eigenvalue weighted by molar-refractivity contribution is -0.116. The first kappa shape index (κ1) is 21.2. The Bertz CT molecular complexity index is 1170. The average Bonchev–Trinajstić information content (AvgIpc) is 2.74. The second kappa shape index (κ2) is 9.32. The van der Waals surface area contributed by atoms with Gasteiger partial charge in [-0.3, -0.25) is 19.0 Å². The fourth-order valence-corrected chi connectivity index (χ4v) is 2.97. The summed E-state index contributed by atoms with van der Waals surface area (Å²) < 4.78 is 12.7. The lowest BCUT2D eigenvalue weighted by atomic mass is 10.2. The van der Waals surface area contributed by atoms with Crippen LogP contribution in [0.25, 0.3) is 0 Å². The molecular weight excluding hydrogens is 410 g/mol. The minimum absolute atomic E-state index is 0.226. The molecule has 0 spiro atoms. The maximum absolute atomic E-state index is 12.4. The highest BCUT2D eigenvalue weighted by Crippen LogP contribution is 2.29. The molecule has 0 unspecified atom stereocenters. The normalized spacial score (nSPS) is 10.5. The molecule has 0 fully saturated rings. The molecule has 1 aromatic heterocycles. The van der Waals surface area contributed by atoms with Crippen LogP contribution in [0.4, 0.5) is 5.69 Å². The van der Waals surface area contributed by atoms with Gasteiger partial charge in [0.05, 0.1) is 20.8 Å². The number of carbonyl (C=O) groups is 1. The van der Waals surface area contributed by atoms with E-state index in [9.17, 15) is 14.4 Å². The molecule has 1 N–H and O–H groups in total. The zero-order valence-corrected chi connectivity index (χ0v) is 17.2. The molecule has 0 saturated heterocycles. The number of hydrogen-bond donors (Lipinski definition) is 1. The van der Waals surface area contributed by atoms with Gasteiger partial charge in [-0.2, -0.15) is 0 Å². The van der Waals surface area contributed by atoms with Crippen LogP contribution < -0.4 is 25.9 Å². The van der Waals surface area contributed by atoms with Crippen LogP contribution in [0.15, 0.2) is 64.4 Å². The molecule has 0 aliphatic heterocycles. The summed E-state index contributed by atoms with van der Waals surface area (Å²) in [6.45, 7) is -0.0753. The molecule has 0 radical (unpaired) electrons. The molecule has 1 heterocycles. The van der Waals surface area contributed by atoms with Gasteiger partial charge in [-0.15, -0.1) is 0 Å². The Morgan fingerprint density at radius 3 is 2.23 bits per heavy atom. The van der Waals surface area contributed by atoms with E-state index in [1.807, 2.05) is 0 Å². The largest absolute Gasteiger partial charge is 0.493 e. The van der Waals surface area contributed by atoms with Gasteiger partial charge >= 0.3 is 11.1 Å². The average molecular weight is 430 g/mol. The summed E-state index contributed by atoms with van der Waals surface area (Å²) in [5.74, 6) is 0.521. The van der Waals surface area contributed by atoms with Gasteiger partial charge in [0.25, 0.3) is 0 Å². The molecule has 9 heteroatoms. The van der Waals surface area contributed by atoms with Crippen molar-refractivity contribution in [2.45, 2.75) is 13.1 Å². The second-order valence-electron chi connectivity index (χ2n) is 6.41. The number of anilines is 1. The molecule has 3 aromatic rings. The summed E-state index contributed by atoms with van der Waals surface area (Å²) in [4.78, 5) is 37.1. The maximum atomic E-state index is 12.4. The molecule has 1 amide bonds. The van der Waals surface area contributed by atoms with Crippen LogP contribution >= 0.6 is 11.6 Å². The maximum Gasteiger partial charge on any atom is 0.316 e. The van der Waals surface area contributed by atoms with Gasteiger partial charge in [-0.25, -0.2) is 0 Å². The van der Waals surface area contributed by atoms with Crippen LogP contribution in [0.2, 0.25) is 5.02 Å². The molecule has 2 aromatic carbocycles. The van der Waals surface area contributed by atoms with Gasteiger partial charge in [-0.1, -0.05) is 23.7 Å². The predicted octanol–water partition coefficient (Wildman–Crippen LogP) is 2.37. The predicted molar refractivity (Wildman–Crippen MR) is 114 cm³/mol. The summed E-state index contributed by atoms with van der Waals surface area (Å²) in [7, 11) is 3.00. The first-order chi connectivity index (χ1) is 14.4. The number of hydrogen-bond acceptors (Lipinski definition) is 5. The number of aromatic nitrogens is 2. The molecule has 156 valence electrons. The van der Waals surface area contributed by atoms with Crippen molar-refractivity contribution >= 4 is 23.2 Å². The molecule has 0 bridgehead atoms. The van der Waals surface area contributed by atoms with E-state index in [2.05, 4.69) is 5.32 Å². The van der Waals surface area contributed by atoms with Gasteiger partial charge in [0, 0.05) is 29.2 Å². The van der Waals surface area contributed by atoms with Crippen molar-refractivity contribution in [1.82, 2.24) is 9.13 Å². The van der Waals surface area contributed by atoms with Crippen molar-refractivity contribution in [2.24, 2.45) is 0 Å². The van der Waals surface area contributed by atoms with E-state index in [4.69, 9.17) is 21.1 Å². The fraction of sp³-hybridized carbons (Fsp3) is 0.190. The third-order valence-corrected chi connectivity index (χ3v) is 4.63. The molecular formula is C21H20ClN3O5. The van der Waals surface area contributed by atoms with Crippen LogP contribution in [0, 0.1) is 0 Å². The summed E-state index contributed by atoms with van der Waals surface area (Å²) in [6.07, 6.45) is 2.88. The molecule has 8 nitrogen and oxygen atoms in total. The van der Waals surface area contributed by atoms with Gasteiger partial charge in [-0.05, 0) is 29.8 Å². The van der Waals surface area contributed by atoms with E-state index in [0.29, 0.717) is 22.2 Å². The number of rotatable bonds is 7. The van der Waals surface area contributed by atoms with Crippen LogP contribution in [0.5, 0.6) is 11.5 Å². The highest BCUT2D eigenvalue weighted by molar-refractivity contribution is 6.30. The molecule has 3 rings (SSSR count). The van der Waals surface area contributed by atoms with Gasteiger partial charge < -0.3 is 19.4 Å². The third kappa shape index (κ3) is 4.90. The quantitative estimate of drug-likeness (QED) is 0.582. The van der Waals surface area contributed by atoms with Crippen molar-refractivity contribution in [3.05, 3.63) is 86.2 Å².